The maximum Gasteiger partial charge on any atom is 0.0285 e. The van der Waals surface area contributed by atoms with E-state index in [4.69, 9.17) is 5.84 Å². The van der Waals surface area contributed by atoms with Crippen LogP contribution in [0.4, 0.5) is 0 Å². The summed E-state index contributed by atoms with van der Waals surface area (Å²) in [7, 11) is 0. The molecule has 2 rings (SSSR count). The SMILES string of the molecule is CCN1C2CCC1CN(N)C2. The summed E-state index contributed by atoms with van der Waals surface area (Å²) in [5.74, 6) is 5.78. The Morgan fingerprint density at radius 3 is 2.27 bits per heavy atom. The van der Waals surface area contributed by atoms with E-state index in [2.05, 4.69) is 11.8 Å². The zero-order valence-electron chi connectivity index (χ0n) is 7.16. The summed E-state index contributed by atoms with van der Waals surface area (Å²) in [6.07, 6.45) is 2.71. The maximum atomic E-state index is 5.78. The van der Waals surface area contributed by atoms with Gasteiger partial charge in [0.25, 0.3) is 0 Å². The average Bonchev–Trinajstić information content (AvgIpc) is 2.23. The van der Waals surface area contributed by atoms with E-state index in [0.717, 1.165) is 25.2 Å². The Hall–Kier alpha value is -0.120. The van der Waals surface area contributed by atoms with Crippen molar-refractivity contribution in [3.8, 4) is 0 Å². The smallest absolute Gasteiger partial charge is 0.0285 e. The van der Waals surface area contributed by atoms with E-state index in [1.165, 1.54) is 19.4 Å². The van der Waals surface area contributed by atoms with E-state index in [0.29, 0.717) is 0 Å². The molecular formula is C8H17N3. The van der Waals surface area contributed by atoms with Crippen molar-refractivity contribution in [2.75, 3.05) is 19.6 Å². The van der Waals surface area contributed by atoms with Gasteiger partial charge in [0.1, 0.15) is 0 Å². The van der Waals surface area contributed by atoms with E-state index >= 15 is 0 Å². The second kappa shape index (κ2) is 2.73. The molecule has 2 saturated heterocycles. The molecule has 0 aliphatic carbocycles. The number of hydrogen-bond acceptors (Lipinski definition) is 3. The first kappa shape index (κ1) is 7.53. The Balaban J connectivity index is 2.06. The fraction of sp³-hybridized carbons (Fsp3) is 1.00. The van der Waals surface area contributed by atoms with Gasteiger partial charge >= 0.3 is 0 Å². The van der Waals surface area contributed by atoms with Crippen LogP contribution in [0.15, 0.2) is 0 Å². The molecule has 2 N–H and O–H groups in total. The second-order valence-corrected chi connectivity index (χ2v) is 3.67. The standard InChI is InChI=1S/C8H17N3/c1-2-11-7-3-4-8(11)6-10(9)5-7/h7-8H,2-6,9H2,1H3. The van der Waals surface area contributed by atoms with Gasteiger partial charge in [-0.05, 0) is 19.4 Å². The van der Waals surface area contributed by atoms with E-state index in [-0.39, 0.29) is 0 Å². The molecule has 2 aliphatic heterocycles. The van der Waals surface area contributed by atoms with Crippen LogP contribution in [0.5, 0.6) is 0 Å². The Morgan fingerprint density at radius 1 is 1.27 bits per heavy atom. The molecule has 0 spiro atoms. The predicted octanol–water partition coefficient (Wildman–Crippen LogP) is 0.0286. The van der Waals surface area contributed by atoms with Crippen LogP contribution in [0, 0.1) is 0 Å². The molecule has 0 aromatic heterocycles. The zero-order chi connectivity index (χ0) is 7.84. The third-order valence-corrected chi connectivity index (χ3v) is 3.03. The molecule has 64 valence electrons. The van der Waals surface area contributed by atoms with Gasteiger partial charge in [-0.1, -0.05) is 6.92 Å². The highest BCUT2D eigenvalue weighted by Crippen LogP contribution is 2.27. The largest absolute Gasteiger partial charge is 0.295 e. The number of piperazine rings is 1. The number of nitrogens with zero attached hydrogens (tertiary/aromatic N) is 2. The molecule has 11 heavy (non-hydrogen) atoms. The summed E-state index contributed by atoms with van der Waals surface area (Å²) in [6, 6.07) is 1.51. The van der Waals surface area contributed by atoms with Gasteiger partial charge < -0.3 is 0 Å². The summed E-state index contributed by atoms with van der Waals surface area (Å²) < 4.78 is 0. The lowest BCUT2D eigenvalue weighted by molar-refractivity contribution is 0.0718. The molecule has 0 saturated carbocycles. The van der Waals surface area contributed by atoms with Gasteiger partial charge in [0.2, 0.25) is 0 Å². The molecule has 3 nitrogen and oxygen atoms in total. The Bertz CT molecular complexity index is 134. The minimum atomic E-state index is 0.753. The maximum absolute atomic E-state index is 5.78. The van der Waals surface area contributed by atoms with E-state index in [9.17, 15) is 0 Å². The van der Waals surface area contributed by atoms with Gasteiger partial charge in [-0.25, -0.2) is 5.01 Å². The lowest BCUT2D eigenvalue weighted by atomic mass is 10.2. The average molecular weight is 155 g/mol. The monoisotopic (exact) mass is 155 g/mol. The molecule has 2 atom stereocenters. The number of likely N-dealkylation sites (N-methyl/N-ethyl adjacent to an activating group) is 1. The molecule has 2 bridgehead atoms. The zero-order valence-corrected chi connectivity index (χ0v) is 7.16. The van der Waals surface area contributed by atoms with Crippen molar-refractivity contribution in [2.45, 2.75) is 31.8 Å². The van der Waals surface area contributed by atoms with Crippen molar-refractivity contribution in [3.05, 3.63) is 0 Å². The quantitative estimate of drug-likeness (QED) is 0.542. The molecule has 0 aromatic carbocycles. The molecule has 0 aromatic rings. The number of hydrazine groups is 1. The van der Waals surface area contributed by atoms with Crippen LogP contribution in [0.1, 0.15) is 19.8 Å². The van der Waals surface area contributed by atoms with Crippen molar-refractivity contribution in [1.29, 1.82) is 0 Å². The van der Waals surface area contributed by atoms with Crippen LogP contribution in [-0.4, -0.2) is 41.6 Å². The van der Waals surface area contributed by atoms with Crippen LogP contribution in [0.2, 0.25) is 0 Å². The molecule has 0 amide bonds. The Kier molecular flexibility index (Phi) is 1.87. The van der Waals surface area contributed by atoms with E-state index in [1.54, 1.807) is 0 Å². The van der Waals surface area contributed by atoms with Crippen molar-refractivity contribution in [2.24, 2.45) is 5.84 Å². The third kappa shape index (κ3) is 1.17. The summed E-state index contributed by atoms with van der Waals surface area (Å²) in [5.41, 5.74) is 0. The molecule has 0 radical (unpaired) electrons. The summed E-state index contributed by atoms with van der Waals surface area (Å²) in [4.78, 5) is 2.60. The highest BCUT2D eigenvalue weighted by Gasteiger charge is 2.37. The van der Waals surface area contributed by atoms with Gasteiger partial charge in [0.15, 0.2) is 0 Å². The van der Waals surface area contributed by atoms with Crippen molar-refractivity contribution in [3.63, 3.8) is 0 Å². The molecule has 2 unspecified atom stereocenters. The number of fused-ring (bicyclic) bond motifs is 2. The second-order valence-electron chi connectivity index (χ2n) is 3.67. The van der Waals surface area contributed by atoms with Gasteiger partial charge in [-0.15, -0.1) is 0 Å². The van der Waals surface area contributed by atoms with Crippen LogP contribution in [-0.2, 0) is 0 Å². The lowest BCUT2D eigenvalue weighted by Gasteiger charge is -2.38. The summed E-state index contributed by atoms with van der Waals surface area (Å²) in [5, 5.41) is 1.98. The first-order valence-corrected chi connectivity index (χ1v) is 4.56. The minimum absolute atomic E-state index is 0.753. The molecule has 2 aliphatic rings. The van der Waals surface area contributed by atoms with Gasteiger partial charge in [0.05, 0.1) is 0 Å². The topological polar surface area (TPSA) is 32.5 Å². The fourth-order valence-electron chi connectivity index (χ4n) is 2.54. The molecular weight excluding hydrogens is 138 g/mol. The molecule has 2 fully saturated rings. The van der Waals surface area contributed by atoms with Crippen molar-refractivity contribution >= 4 is 0 Å². The van der Waals surface area contributed by atoms with Gasteiger partial charge in [-0.2, -0.15) is 0 Å². The van der Waals surface area contributed by atoms with Crippen LogP contribution >= 0.6 is 0 Å². The third-order valence-electron chi connectivity index (χ3n) is 3.03. The summed E-state index contributed by atoms with van der Waals surface area (Å²) >= 11 is 0. The first-order valence-electron chi connectivity index (χ1n) is 4.56. The molecule has 2 heterocycles. The van der Waals surface area contributed by atoms with Crippen LogP contribution in [0.25, 0.3) is 0 Å². The van der Waals surface area contributed by atoms with Crippen molar-refractivity contribution < 1.29 is 0 Å². The highest BCUT2D eigenvalue weighted by atomic mass is 15.5. The Morgan fingerprint density at radius 2 is 1.82 bits per heavy atom. The highest BCUT2D eigenvalue weighted by molar-refractivity contribution is 4.93. The molecule has 3 heteroatoms. The normalized spacial score (nSPS) is 39.8. The van der Waals surface area contributed by atoms with Gasteiger partial charge in [-0.3, -0.25) is 10.7 Å². The number of rotatable bonds is 1. The lowest BCUT2D eigenvalue weighted by Crippen LogP contribution is -2.55. The number of nitrogens with two attached hydrogens (primary N) is 1. The Labute approximate surface area is 68.1 Å². The van der Waals surface area contributed by atoms with Crippen LogP contribution < -0.4 is 5.84 Å². The van der Waals surface area contributed by atoms with Crippen LogP contribution in [0.3, 0.4) is 0 Å². The minimum Gasteiger partial charge on any atom is -0.295 e. The van der Waals surface area contributed by atoms with E-state index < -0.39 is 0 Å². The predicted molar refractivity (Wildman–Crippen MR) is 45.0 cm³/mol. The number of hydrogen-bond donors (Lipinski definition) is 1. The first-order chi connectivity index (χ1) is 5.31. The van der Waals surface area contributed by atoms with Gasteiger partial charge in [0, 0.05) is 25.2 Å². The van der Waals surface area contributed by atoms with Crippen molar-refractivity contribution in [1.82, 2.24) is 9.91 Å². The fourth-order valence-corrected chi connectivity index (χ4v) is 2.54. The summed E-state index contributed by atoms with van der Waals surface area (Å²) in [6.45, 7) is 5.59. The van der Waals surface area contributed by atoms with E-state index in [1.807, 2.05) is 5.01 Å².